The summed E-state index contributed by atoms with van der Waals surface area (Å²) in [5, 5.41) is 0. The molecule has 5 nitrogen and oxygen atoms in total. The van der Waals surface area contributed by atoms with Crippen LogP contribution in [0, 0.1) is 51.4 Å². The Morgan fingerprint density at radius 2 is 1.50 bits per heavy atom. The zero-order chi connectivity index (χ0) is 15.7. The summed E-state index contributed by atoms with van der Waals surface area (Å²) in [5.74, 6) is 0. The molecule has 0 aromatic heterocycles. The van der Waals surface area contributed by atoms with E-state index >= 15 is 0 Å². The molecule has 1 aliphatic rings. The van der Waals surface area contributed by atoms with E-state index in [1.807, 2.05) is 6.42 Å². The molecule has 0 aromatic carbocycles. The fraction of sp³-hybridized carbons (Fsp3) is 0.429. The zero-order valence-corrected chi connectivity index (χ0v) is 13.0. The van der Waals surface area contributed by atoms with Crippen LogP contribution in [0.2, 0.25) is 0 Å². The van der Waals surface area contributed by atoms with Crippen molar-refractivity contribution in [3.05, 3.63) is 51.4 Å². The second-order valence-electron chi connectivity index (χ2n) is 3.01. The van der Waals surface area contributed by atoms with Crippen molar-refractivity contribution in [1.82, 2.24) is 4.90 Å². The monoisotopic (exact) mass is 319 g/mol. The van der Waals surface area contributed by atoms with Gasteiger partial charge in [0.1, 0.15) is 6.10 Å². The number of hydrogen-bond acceptors (Lipinski definition) is 2. The summed E-state index contributed by atoms with van der Waals surface area (Å²) < 4.78 is 27.6. The first-order valence-corrected chi connectivity index (χ1v) is 5.46. The van der Waals surface area contributed by atoms with Crippen LogP contribution in [-0.4, -0.2) is 25.1 Å². The van der Waals surface area contributed by atoms with Crippen molar-refractivity contribution in [3.8, 4) is 0 Å². The molecular weight excluding hydrogens is 301 g/mol. The molecule has 6 radical (unpaired) electrons. The second kappa shape index (κ2) is 23.7. The minimum Gasteiger partial charge on any atom is 0 e. The molecule has 1 fully saturated rings. The number of hydrogen-bond donors (Lipinski definition) is 0. The Morgan fingerprint density at radius 3 is 1.75 bits per heavy atom. The van der Waals surface area contributed by atoms with Crippen molar-refractivity contribution < 1.29 is 35.8 Å². The van der Waals surface area contributed by atoms with E-state index in [0.29, 0.717) is 0 Å². The molecule has 0 aromatic rings. The average Bonchev–Trinajstić information content (AvgIpc) is 2.55. The summed E-state index contributed by atoms with van der Waals surface area (Å²) >= 11 is 0. The van der Waals surface area contributed by atoms with Gasteiger partial charge in [-0.1, -0.05) is 13.8 Å². The summed E-state index contributed by atoms with van der Waals surface area (Å²) in [7, 11) is 1.71. The molecule has 0 bridgehead atoms. The van der Waals surface area contributed by atoms with Gasteiger partial charge in [-0.05, 0) is 32.4 Å². The molecule has 6 heteroatoms. The summed E-state index contributed by atoms with van der Waals surface area (Å²) in [6.45, 7) is 20.0. The van der Waals surface area contributed by atoms with Crippen LogP contribution in [0.4, 0.5) is 0 Å². The van der Waals surface area contributed by atoms with Gasteiger partial charge in [-0.25, -0.2) is 0 Å². The van der Waals surface area contributed by atoms with Gasteiger partial charge in [-0.15, -0.1) is 0 Å². The van der Waals surface area contributed by atoms with Gasteiger partial charge < -0.3 is 4.74 Å². The van der Waals surface area contributed by atoms with Crippen LogP contribution in [0.3, 0.4) is 0 Å². The minimum atomic E-state index is 0. The predicted octanol–water partition coefficient (Wildman–Crippen LogP) is 1.94. The fourth-order valence-corrected chi connectivity index (χ4v) is 1.54. The van der Waals surface area contributed by atoms with Gasteiger partial charge in [0, 0.05) is 36.6 Å². The SMILES string of the molecule is CCN(CC)[C]1[CH][CH][C](OC)[CH]C1.[C-]#[O+].[C-]#[O+].[C-]#[O+].[Mn]. The van der Waals surface area contributed by atoms with Crippen LogP contribution in [0.15, 0.2) is 0 Å². The maximum Gasteiger partial charge on any atom is 0 e. The molecule has 20 heavy (non-hydrogen) atoms. The van der Waals surface area contributed by atoms with Crippen molar-refractivity contribution in [3.63, 3.8) is 0 Å². The molecular formula is C14H18MnNO4. The Balaban J connectivity index is -0.000000162. The van der Waals surface area contributed by atoms with Gasteiger partial charge in [0.05, 0.1) is 0 Å². The molecule has 1 aliphatic carbocycles. The third-order valence-corrected chi connectivity index (χ3v) is 2.36. The van der Waals surface area contributed by atoms with Crippen LogP contribution < -0.4 is 0 Å². The number of methoxy groups -OCH3 is 1. The van der Waals surface area contributed by atoms with Crippen molar-refractivity contribution in [2.45, 2.75) is 20.3 Å². The third-order valence-electron chi connectivity index (χ3n) is 2.36. The molecule has 0 saturated heterocycles. The Labute approximate surface area is 133 Å². The summed E-state index contributed by atoms with van der Waals surface area (Å²) in [6, 6.07) is 1.38. The Bertz CT molecular complexity index is 217. The molecule has 0 unspecified atom stereocenters. The molecule has 0 amide bonds. The molecule has 0 spiro atoms. The van der Waals surface area contributed by atoms with Crippen molar-refractivity contribution >= 4 is 0 Å². The molecule has 110 valence electrons. The maximum absolute atomic E-state index is 7.50. The number of rotatable bonds is 4. The van der Waals surface area contributed by atoms with Crippen LogP contribution >= 0.6 is 0 Å². The summed E-state index contributed by atoms with van der Waals surface area (Å²) in [4.78, 5) is 2.36. The van der Waals surface area contributed by atoms with E-state index in [9.17, 15) is 0 Å². The quantitative estimate of drug-likeness (QED) is 0.451. The first-order valence-electron chi connectivity index (χ1n) is 5.46. The molecule has 1 saturated carbocycles. The van der Waals surface area contributed by atoms with E-state index < -0.39 is 0 Å². The first-order chi connectivity index (χ1) is 9.31. The van der Waals surface area contributed by atoms with Crippen molar-refractivity contribution in [2.75, 3.05) is 20.2 Å². The van der Waals surface area contributed by atoms with E-state index in [1.165, 1.54) is 6.04 Å². The van der Waals surface area contributed by atoms with E-state index in [2.05, 4.69) is 51.5 Å². The molecule has 0 heterocycles. The summed E-state index contributed by atoms with van der Waals surface area (Å²) in [6.07, 6.45) is 8.24. The fourth-order valence-electron chi connectivity index (χ4n) is 1.54. The van der Waals surface area contributed by atoms with E-state index in [-0.39, 0.29) is 17.1 Å². The number of nitrogens with zero attached hydrogens (tertiary/aromatic N) is 1. The normalized spacial score (nSPS) is 14.1. The smallest absolute Gasteiger partial charge is 0 e. The average molecular weight is 319 g/mol. The topological polar surface area (TPSA) is 72.2 Å². The standard InChI is InChI=1S/C11H18NO.3CO.Mn/c1-4-12(5-2)10-6-8-11(13-3)9-7-10;3*1-2;/h6,8-9H,4-5,7H2,1-3H3;;;;. The minimum absolute atomic E-state index is 0. The molecule has 0 aliphatic heterocycles. The van der Waals surface area contributed by atoms with Gasteiger partial charge in [0.2, 0.25) is 0 Å². The maximum atomic E-state index is 7.50. The van der Waals surface area contributed by atoms with E-state index in [0.717, 1.165) is 25.6 Å². The van der Waals surface area contributed by atoms with Crippen LogP contribution in [0.25, 0.3) is 0 Å². The van der Waals surface area contributed by atoms with Gasteiger partial charge in [0.25, 0.3) is 0 Å². The van der Waals surface area contributed by atoms with Gasteiger partial charge in [-0.2, -0.15) is 0 Å². The predicted molar refractivity (Wildman–Crippen MR) is 65.7 cm³/mol. The zero-order valence-electron chi connectivity index (χ0n) is 11.8. The Hall–Kier alpha value is -0.341. The molecule has 1 rings (SSSR count). The largest absolute Gasteiger partial charge is 0 e. The first kappa shape index (κ1) is 27.9. The van der Waals surface area contributed by atoms with Gasteiger partial charge >= 0.3 is 33.9 Å². The number of ether oxygens (including phenoxy) is 1. The third kappa shape index (κ3) is 12.7. The van der Waals surface area contributed by atoms with Crippen LogP contribution in [-0.2, 0) is 35.8 Å². The van der Waals surface area contributed by atoms with Gasteiger partial charge in [-0.3, -0.25) is 4.90 Å². The van der Waals surface area contributed by atoms with E-state index in [1.54, 1.807) is 7.11 Å². The van der Waals surface area contributed by atoms with E-state index in [4.69, 9.17) is 18.7 Å². The van der Waals surface area contributed by atoms with Crippen LogP contribution in [0.5, 0.6) is 0 Å². The van der Waals surface area contributed by atoms with Gasteiger partial charge in [0.15, 0.2) is 0 Å². The molecule has 0 atom stereocenters. The van der Waals surface area contributed by atoms with Crippen molar-refractivity contribution in [1.29, 1.82) is 0 Å². The van der Waals surface area contributed by atoms with Crippen LogP contribution in [0.1, 0.15) is 20.3 Å². The Kier molecular flexibility index (Phi) is 33.1. The van der Waals surface area contributed by atoms with Crippen molar-refractivity contribution in [2.24, 2.45) is 0 Å². The summed E-state index contributed by atoms with van der Waals surface area (Å²) in [5.41, 5.74) is 0. The Morgan fingerprint density at radius 1 is 1.05 bits per heavy atom. The molecule has 0 N–H and O–H groups in total. The second-order valence-corrected chi connectivity index (χ2v) is 3.01.